The minimum Gasteiger partial charge on any atom is -0.459 e. The van der Waals surface area contributed by atoms with Crippen molar-refractivity contribution in [3.05, 3.63) is 108 Å². The first-order chi connectivity index (χ1) is 17.6. The molecule has 8 heteroatoms. The van der Waals surface area contributed by atoms with Crippen LogP contribution in [0, 0.1) is 0 Å². The number of oxazole rings is 1. The molecule has 0 radical (unpaired) electrons. The zero-order valence-electron chi connectivity index (χ0n) is 19.3. The van der Waals surface area contributed by atoms with E-state index < -0.39 is 17.9 Å². The van der Waals surface area contributed by atoms with Gasteiger partial charge in [0, 0.05) is 29.2 Å². The average Bonchev–Trinajstić information content (AvgIpc) is 3.56. The van der Waals surface area contributed by atoms with Crippen molar-refractivity contribution in [3.63, 3.8) is 0 Å². The maximum atomic E-state index is 13.1. The molecule has 2 aromatic heterocycles. The monoisotopic (exact) mass is 480 g/mol. The van der Waals surface area contributed by atoms with Crippen LogP contribution >= 0.6 is 0 Å². The molecule has 0 aliphatic heterocycles. The molecule has 0 fully saturated rings. The molecule has 2 heterocycles. The number of nitrogens with zero attached hydrogens (tertiary/aromatic N) is 1. The molecule has 0 saturated heterocycles. The van der Waals surface area contributed by atoms with Crippen molar-refractivity contribution in [3.8, 4) is 11.5 Å². The number of amides is 1. The minimum atomic E-state index is -0.942. The van der Waals surface area contributed by atoms with Gasteiger partial charge in [0.25, 0.3) is 5.91 Å². The van der Waals surface area contributed by atoms with Crippen LogP contribution < -0.4 is 11.1 Å². The van der Waals surface area contributed by atoms with E-state index in [1.807, 2.05) is 60.8 Å². The fraction of sp³-hybridized carbons (Fsp3) is 0.107. The van der Waals surface area contributed by atoms with Crippen LogP contribution in [0.4, 0.5) is 5.69 Å². The number of nitrogens with two attached hydrogens (primary N) is 1. The lowest BCUT2D eigenvalue weighted by molar-refractivity contribution is -0.147. The number of benzene rings is 3. The highest BCUT2D eigenvalue weighted by atomic mass is 16.5. The number of carbonyl (C=O) groups excluding carboxylic acids is 2. The summed E-state index contributed by atoms with van der Waals surface area (Å²) in [5, 5.41) is 3.74. The van der Waals surface area contributed by atoms with E-state index >= 15 is 0 Å². The summed E-state index contributed by atoms with van der Waals surface area (Å²) in [6, 6.07) is 23.3. The highest BCUT2D eigenvalue weighted by molar-refractivity contribution is 5.96. The Morgan fingerprint density at radius 2 is 1.75 bits per heavy atom. The number of fused-ring (bicyclic) bond motifs is 1. The standard InChI is InChI=1S/C28H24N4O4/c29-22-12-6-4-11-21(22)27-32-25(17-35-27)26(33)31-24(28(34)36-16-18-8-2-1-3-9-18)14-19-15-30-23-13-7-5-10-20(19)23/h1-13,15,17,24,30H,14,16,29H2,(H,31,33). The van der Waals surface area contributed by atoms with Gasteiger partial charge in [0.15, 0.2) is 5.69 Å². The van der Waals surface area contributed by atoms with E-state index in [9.17, 15) is 9.59 Å². The van der Waals surface area contributed by atoms with Gasteiger partial charge in [-0.15, -0.1) is 0 Å². The topological polar surface area (TPSA) is 123 Å². The predicted octanol–water partition coefficient (Wildman–Crippen LogP) is 4.49. The predicted molar refractivity (Wildman–Crippen MR) is 136 cm³/mol. The number of nitrogen functional groups attached to an aromatic ring is 1. The summed E-state index contributed by atoms with van der Waals surface area (Å²) in [7, 11) is 0. The van der Waals surface area contributed by atoms with Crippen molar-refractivity contribution in [1.29, 1.82) is 0 Å². The van der Waals surface area contributed by atoms with Crippen molar-refractivity contribution in [2.45, 2.75) is 19.1 Å². The number of rotatable bonds is 8. The van der Waals surface area contributed by atoms with Crippen molar-refractivity contribution in [2.75, 3.05) is 5.73 Å². The van der Waals surface area contributed by atoms with Crippen LogP contribution in [-0.2, 0) is 22.6 Å². The first-order valence-electron chi connectivity index (χ1n) is 11.5. The molecule has 36 heavy (non-hydrogen) atoms. The first-order valence-corrected chi connectivity index (χ1v) is 11.5. The molecule has 0 spiro atoms. The number of carbonyl (C=O) groups is 2. The molecular formula is C28H24N4O4. The van der Waals surface area contributed by atoms with Gasteiger partial charge in [-0.25, -0.2) is 9.78 Å². The van der Waals surface area contributed by atoms with E-state index in [0.717, 1.165) is 22.0 Å². The lowest BCUT2D eigenvalue weighted by Crippen LogP contribution is -2.43. The maximum absolute atomic E-state index is 13.1. The lowest BCUT2D eigenvalue weighted by atomic mass is 10.0. The van der Waals surface area contributed by atoms with E-state index in [1.165, 1.54) is 6.26 Å². The van der Waals surface area contributed by atoms with Gasteiger partial charge in [0.2, 0.25) is 5.89 Å². The quantitative estimate of drug-likeness (QED) is 0.222. The number of aromatic amines is 1. The SMILES string of the molecule is Nc1ccccc1-c1nc(C(=O)NC(Cc2c[nH]c3ccccc23)C(=O)OCc2ccccc2)co1. The van der Waals surface area contributed by atoms with Crippen LogP contribution in [0.2, 0.25) is 0 Å². The van der Waals surface area contributed by atoms with Gasteiger partial charge < -0.3 is 25.2 Å². The zero-order chi connectivity index (χ0) is 24.9. The number of hydrogen-bond acceptors (Lipinski definition) is 6. The van der Waals surface area contributed by atoms with Crippen molar-refractivity contribution in [1.82, 2.24) is 15.3 Å². The van der Waals surface area contributed by atoms with Crippen LogP contribution in [0.3, 0.4) is 0 Å². The summed E-state index contributed by atoms with van der Waals surface area (Å²) in [4.78, 5) is 33.7. The second-order valence-corrected chi connectivity index (χ2v) is 8.31. The molecule has 8 nitrogen and oxygen atoms in total. The van der Waals surface area contributed by atoms with E-state index in [2.05, 4.69) is 15.3 Å². The smallest absolute Gasteiger partial charge is 0.329 e. The third-order valence-corrected chi connectivity index (χ3v) is 5.84. The highest BCUT2D eigenvalue weighted by Gasteiger charge is 2.26. The minimum absolute atomic E-state index is 0.0352. The molecule has 5 aromatic rings. The van der Waals surface area contributed by atoms with Gasteiger partial charge in [-0.1, -0.05) is 60.7 Å². The van der Waals surface area contributed by atoms with Gasteiger partial charge in [0.05, 0.1) is 5.56 Å². The van der Waals surface area contributed by atoms with Gasteiger partial charge in [-0.3, -0.25) is 4.79 Å². The van der Waals surface area contributed by atoms with Crippen molar-refractivity contribution >= 4 is 28.5 Å². The summed E-state index contributed by atoms with van der Waals surface area (Å²) >= 11 is 0. The third kappa shape index (κ3) is 4.97. The van der Waals surface area contributed by atoms with E-state index in [1.54, 1.807) is 24.3 Å². The Labute approximate surface area is 207 Å². The summed E-state index contributed by atoms with van der Waals surface area (Å²) < 4.78 is 11.0. The molecule has 5 rings (SSSR count). The Morgan fingerprint density at radius 3 is 2.58 bits per heavy atom. The highest BCUT2D eigenvalue weighted by Crippen LogP contribution is 2.25. The van der Waals surface area contributed by atoms with Crippen molar-refractivity contribution < 1.29 is 18.7 Å². The van der Waals surface area contributed by atoms with Gasteiger partial charge in [-0.05, 0) is 29.3 Å². The number of H-pyrrole nitrogens is 1. The molecule has 1 unspecified atom stereocenters. The number of aromatic nitrogens is 2. The van der Waals surface area contributed by atoms with Gasteiger partial charge in [0.1, 0.15) is 18.9 Å². The number of esters is 1. The number of ether oxygens (including phenoxy) is 1. The van der Waals surface area contributed by atoms with Crippen LogP contribution in [0.1, 0.15) is 21.6 Å². The molecule has 0 bridgehead atoms. The largest absolute Gasteiger partial charge is 0.459 e. The van der Waals surface area contributed by atoms with Gasteiger partial charge >= 0.3 is 5.97 Å². The molecule has 1 amide bonds. The Morgan fingerprint density at radius 1 is 1.00 bits per heavy atom. The number of nitrogens with one attached hydrogen (secondary N) is 2. The van der Waals surface area contributed by atoms with Crippen LogP contribution in [0.25, 0.3) is 22.4 Å². The molecule has 0 aliphatic rings. The molecule has 0 saturated carbocycles. The zero-order valence-corrected chi connectivity index (χ0v) is 19.3. The Kier molecular flexibility index (Phi) is 6.48. The van der Waals surface area contributed by atoms with E-state index in [-0.39, 0.29) is 24.6 Å². The molecule has 0 aliphatic carbocycles. The molecule has 4 N–H and O–H groups in total. The van der Waals surface area contributed by atoms with Crippen molar-refractivity contribution in [2.24, 2.45) is 0 Å². The van der Waals surface area contributed by atoms with E-state index in [0.29, 0.717) is 11.3 Å². The van der Waals surface area contributed by atoms with E-state index in [4.69, 9.17) is 14.9 Å². The molecular weight excluding hydrogens is 456 g/mol. The Hall–Kier alpha value is -4.85. The normalized spacial score (nSPS) is 11.8. The number of para-hydroxylation sites is 2. The molecule has 1 atom stereocenters. The summed E-state index contributed by atoms with van der Waals surface area (Å²) in [6.07, 6.45) is 3.32. The second-order valence-electron chi connectivity index (χ2n) is 8.31. The Balaban J connectivity index is 1.36. The average molecular weight is 481 g/mol. The first kappa shape index (κ1) is 22.9. The fourth-order valence-corrected chi connectivity index (χ4v) is 3.97. The Bertz CT molecular complexity index is 1510. The molecule has 3 aromatic carbocycles. The van der Waals surface area contributed by atoms with Crippen LogP contribution in [0.5, 0.6) is 0 Å². The van der Waals surface area contributed by atoms with Crippen LogP contribution in [0.15, 0.2) is 95.7 Å². The number of anilines is 1. The number of hydrogen-bond donors (Lipinski definition) is 3. The summed E-state index contributed by atoms with van der Waals surface area (Å²) in [6.45, 7) is 0.0985. The van der Waals surface area contributed by atoms with Crippen LogP contribution in [-0.4, -0.2) is 27.9 Å². The fourth-order valence-electron chi connectivity index (χ4n) is 3.97. The summed E-state index contributed by atoms with van der Waals surface area (Å²) in [5.74, 6) is -0.882. The van der Waals surface area contributed by atoms with Gasteiger partial charge in [-0.2, -0.15) is 0 Å². The lowest BCUT2D eigenvalue weighted by Gasteiger charge is -2.17. The third-order valence-electron chi connectivity index (χ3n) is 5.84. The molecule has 180 valence electrons. The second kappa shape index (κ2) is 10.2. The maximum Gasteiger partial charge on any atom is 0.329 e. The summed E-state index contributed by atoms with van der Waals surface area (Å²) in [5.41, 5.74) is 9.76.